The van der Waals surface area contributed by atoms with Gasteiger partial charge >= 0.3 is 0 Å². The van der Waals surface area contributed by atoms with E-state index in [1.807, 2.05) is 34.6 Å². The number of hydrogen-bond donors (Lipinski definition) is 1. The zero-order valence-electron chi connectivity index (χ0n) is 25.5. The number of primary amides is 1. The molecule has 3 rings (SSSR count). The van der Waals surface area contributed by atoms with Crippen molar-refractivity contribution in [3.63, 3.8) is 0 Å². The fourth-order valence-electron chi connectivity index (χ4n) is 7.13. The van der Waals surface area contributed by atoms with Crippen molar-refractivity contribution in [3.8, 4) is 0 Å². The lowest BCUT2D eigenvalue weighted by Crippen LogP contribution is -2.48. The molecule has 0 spiro atoms. The van der Waals surface area contributed by atoms with Crippen LogP contribution in [0.1, 0.15) is 125 Å². The third-order valence-electron chi connectivity index (χ3n) is 8.87. The van der Waals surface area contributed by atoms with Gasteiger partial charge < -0.3 is 15.4 Å². The van der Waals surface area contributed by atoms with Gasteiger partial charge in [-0.25, -0.2) is 0 Å². The van der Waals surface area contributed by atoms with Crippen molar-refractivity contribution >= 4 is 29.2 Å². The Kier molecular flexibility index (Phi) is 11.1. The third kappa shape index (κ3) is 8.95. The van der Waals surface area contributed by atoms with E-state index >= 15 is 0 Å². The van der Waals surface area contributed by atoms with Crippen LogP contribution in [0.15, 0.2) is 0 Å². The number of ketones is 3. The molecule has 3 heterocycles. The van der Waals surface area contributed by atoms with E-state index in [1.165, 1.54) is 0 Å². The number of carbonyl (C=O) groups is 5. The Balaban J connectivity index is 1.91. The molecule has 8 nitrogen and oxygen atoms in total. The topological polar surface area (TPSA) is 124 Å². The first-order valence-corrected chi connectivity index (χ1v) is 15.5. The molecule has 3 saturated heterocycles. The molecule has 2 N–H and O–H groups in total. The van der Waals surface area contributed by atoms with Gasteiger partial charge in [-0.1, -0.05) is 72.1 Å². The van der Waals surface area contributed by atoms with E-state index in [1.54, 1.807) is 4.90 Å². The predicted molar refractivity (Wildman–Crippen MR) is 153 cm³/mol. The summed E-state index contributed by atoms with van der Waals surface area (Å²) in [6.45, 7) is 10.4. The Labute approximate surface area is 240 Å². The van der Waals surface area contributed by atoms with Crippen LogP contribution in [0, 0.1) is 23.2 Å². The Morgan fingerprint density at radius 2 is 1.52 bits per heavy atom. The first-order chi connectivity index (χ1) is 18.7. The lowest BCUT2D eigenvalue weighted by molar-refractivity contribution is -0.145. The van der Waals surface area contributed by atoms with Crippen LogP contribution >= 0.6 is 0 Å². The van der Waals surface area contributed by atoms with Gasteiger partial charge in [0.25, 0.3) is 5.91 Å². The van der Waals surface area contributed by atoms with E-state index in [-0.39, 0.29) is 47.8 Å². The molecule has 226 valence electrons. The zero-order valence-corrected chi connectivity index (χ0v) is 25.5. The maximum Gasteiger partial charge on any atom is 0.285 e. The van der Waals surface area contributed by atoms with Gasteiger partial charge in [0.2, 0.25) is 11.7 Å². The number of ether oxygens (including phenoxy) is 1. The maximum absolute atomic E-state index is 14.2. The number of nitrogens with two attached hydrogens (primary N) is 1. The fourth-order valence-corrected chi connectivity index (χ4v) is 7.13. The minimum atomic E-state index is -1.01. The number of rotatable bonds is 5. The normalized spacial score (nSPS) is 30.8. The van der Waals surface area contributed by atoms with E-state index in [4.69, 9.17) is 10.5 Å². The maximum atomic E-state index is 14.2. The Morgan fingerprint density at radius 1 is 0.950 bits per heavy atom. The summed E-state index contributed by atoms with van der Waals surface area (Å²) in [5, 5.41) is 0. The van der Waals surface area contributed by atoms with Gasteiger partial charge in [0.1, 0.15) is 5.78 Å². The van der Waals surface area contributed by atoms with Crippen molar-refractivity contribution < 1.29 is 28.7 Å². The molecule has 0 radical (unpaired) electrons. The molecular formula is C32H52N2O6. The highest BCUT2D eigenvalue weighted by Crippen LogP contribution is 2.44. The van der Waals surface area contributed by atoms with Gasteiger partial charge in [-0.3, -0.25) is 24.0 Å². The van der Waals surface area contributed by atoms with Crippen LogP contribution in [-0.2, 0) is 28.7 Å². The standard InChI is InChI=1S/C32H52N2O6/c1-31(2,3)18-23(35)16-22-15-13-11-9-7-6-8-10-12-14-21(28(37)29(33)38)17-25(36)27-24-19-32(4,5)40-26(24)20-34(27)30(22)39/h21-22,24,26-27H,6-20H2,1-5H3,(H2,33,38)/t21-,22-,24+,26?,27+/m1/s1. The van der Waals surface area contributed by atoms with E-state index in [2.05, 4.69) is 0 Å². The van der Waals surface area contributed by atoms with E-state index in [0.717, 1.165) is 51.4 Å². The molecule has 0 aliphatic carbocycles. The Bertz CT molecular complexity index is 952. The Hall–Kier alpha value is -2.09. The highest BCUT2D eigenvalue weighted by molar-refractivity contribution is 6.36. The minimum Gasteiger partial charge on any atom is -0.370 e. The highest BCUT2D eigenvalue weighted by atomic mass is 16.5. The van der Waals surface area contributed by atoms with Crippen molar-refractivity contribution in [2.45, 2.75) is 142 Å². The lowest BCUT2D eigenvalue weighted by atomic mass is 9.83. The molecule has 0 aromatic rings. The third-order valence-corrected chi connectivity index (χ3v) is 8.87. The summed E-state index contributed by atoms with van der Waals surface area (Å²) in [7, 11) is 0. The van der Waals surface area contributed by atoms with Crippen LogP contribution < -0.4 is 5.73 Å². The van der Waals surface area contributed by atoms with Crippen molar-refractivity contribution in [3.05, 3.63) is 0 Å². The molecule has 0 bridgehead atoms. The van der Waals surface area contributed by atoms with Crippen LogP contribution in [0.25, 0.3) is 0 Å². The summed E-state index contributed by atoms with van der Waals surface area (Å²) in [5.74, 6) is -3.42. The number of fused-ring (bicyclic) bond motifs is 3. The van der Waals surface area contributed by atoms with Gasteiger partial charge in [-0.05, 0) is 38.5 Å². The molecular weight excluding hydrogens is 508 g/mol. The summed E-state index contributed by atoms with van der Waals surface area (Å²) < 4.78 is 6.28. The molecule has 2 amide bonds. The van der Waals surface area contributed by atoms with E-state index in [0.29, 0.717) is 32.2 Å². The van der Waals surface area contributed by atoms with Crippen LogP contribution in [-0.4, -0.2) is 58.4 Å². The number of nitrogens with zero attached hydrogens (tertiary/aromatic N) is 1. The van der Waals surface area contributed by atoms with Gasteiger partial charge in [0.05, 0.1) is 17.7 Å². The summed E-state index contributed by atoms with van der Waals surface area (Å²) >= 11 is 0. The molecule has 5 atom stereocenters. The molecule has 3 fully saturated rings. The molecule has 3 aliphatic rings. The number of amides is 2. The van der Waals surface area contributed by atoms with E-state index in [9.17, 15) is 24.0 Å². The Morgan fingerprint density at radius 3 is 2.10 bits per heavy atom. The zero-order chi connectivity index (χ0) is 29.7. The smallest absolute Gasteiger partial charge is 0.285 e. The molecule has 0 aromatic carbocycles. The van der Waals surface area contributed by atoms with E-state index < -0.39 is 35.2 Å². The lowest BCUT2D eigenvalue weighted by Gasteiger charge is -2.32. The average molecular weight is 561 g/mol. The summed E-state index contributed by atoms with van der Waals surface area (Å²) in [6.07, 6.45) is 9.79. The molecule has 40 heavy (non-hydrogen) atoms. The second-order valence-corrected chi connectivity index (χ2v) is 14.4. The molecule has 8 heteroatoms. The van der Waals surface area contributed by atoms with Crippen molar-refractivity contribution in [1.82, 2.24) is 4.90 Å². The van der Waals surface area contributed by atoms with Crippen LogP contribution in [0.3, 0.4) is 0 Å². The monoisotopic (exact) mass is 560 g/mol. The molecule has 0 aromatic heterocycles. The van der Waals surface area contributed by atoms with Gasteiger partial charge in [-0.15, -0.1) is 0 Å². The van der Waals surface area contributed by atoms with Crippen LogP contribution in [0.4, 0.5) is 0 Å². The number of hydrogen-bond acceptors (Lipinski definition) is 6. The average Bonchev–Trinajstić information content (AvgIpc) is 3.32. The SMILES string of the molecule is CC(C)(C)CC(=O)C[C@H]1CCCCCCCCCC[C@@H](C(=O)C(N)=O)CC(=O)[C@@H]2[C@H]3CC(C)(C)OC3CN2C1=O. The largest absolute Gasteiger partial charge is 0.370 e. The highest BCUT2D eigenvalue weighted by Gasteiger charge is 2.55. The minimum absolute atomic E-state index is 0.0727. The van der Waals surface area contributed by atoms with Crippen LogP contribution in [0.2, 0.25) is 0 Å². The summed E-state index contributed by atoms with van der Waals surface area (Å²) in [6, 6.07) is -0.724. The number of Topliss-reactive ketones (excluding diaryl/α,β-unsaturated/α-hetero) is 3. The first-order valence-electron chi connectivity index (χ1n) is 15.5. The predicted octanol–water partition coefficient (Wildman–Crippen LogP) is 4.94. The van der Waals surface area contributed by atoms with Gasteiger partial charge in [0, 0.05) is 43.6 Å². The first kappa shape index (κ1) is 32.4. The van der Waals surface area contributed by atoms with Gasteiger partial charge in [0.15, 0.2) is 5.78 Å². The van der Waals surface area contributed by atoms with Crippen molar-refractivity contribution in [1.29, 1.82) is 0 Å². The van der Waals surface area contributed by atoms with Crippen molar-refractivity contribution in [2.24, 2.45) is 28.9 Å². The number of carbonyl (C=O) groups excluding carboxylic acids is 5. The quantitative estimate of drug-likeness (QED) is 0.475. The van der Waals surface area contributed by atoms with Gasteiger partial charge in [-0.2, -0.15) is 0 Å². The second kappa shape index (κ2) is 13.7. The molecule has 0 saturated carbocycles. The van der Waals surface area contributed by atoms with Crippen molar-refractivity contribution in [2.75, 3.05) is 6.54 Å². The van der Waals surface area contributed by atoms with Crippen LogP contribution in [0.5, 0.6) is 0 Å². The fraction of sp³-hybridized carbons (Fsp3) is 0.844. The summed E-state index contributed by atoms with van der Waals surface area (Å²) in [4.78, 5) is 67.4. The molecule has 3 aliphatic heterocycles. The summed E-state index contributed by atoms with van der Waals surface area (Å²) in [5.41, 5.74) is 4.79. The second-order valence-electron chi connectivity index (χ2n) is 14.4. The molecule has 1 unspecified atom stereocenters.